The number of nitrogens with two attached hydrogens (primary N) is 1. The van der Waals surface area contributed by atoms with E-state index in [2.05, 4.69) is 28.0 Å². The molecule has 1 aromatic heterocycles. The van der Waals surface area contributed by atoms with Crippen molar-refractivity contribution in [3.8, 4) is 0 Å². The second kappa shape index (κ2) is 5.96. The third-order valence-corrected chi connectivity index (χ3v) is 4.80. The first-order chi connectivity index (χ1) is 9.02. The second-order valence-electron chi connectivity index (χ2n) is 4.16. The Morgan fingerprint density at radius 2 is 2.21 bits per heavy atom. The molecule has 1 aromatic carbocycles. The Morgan fingerprint density at radius 3 is 2.79 bits per heavy atom. The van der Waals surface area contributed by atoms with Crippen molar-refractivity contribution in [3.63, 3.8) is 0 Å². The van der Waals surface area contributed by atoms with Gasteiger partial charge >= 0.3 is 0 Å². The van der Waals surface area contributed by atoms with Crippen molar-refractivity contribution < 1.29 is 4.39 Å². The lowest BCUT2D eigenvalue weighted by Crippen LogP contribution is -1.97. The van der Waals surface area contributed by atoms with Gasteiger partial charge in [0.15, 0.2) is 0 Å². The van der Waals surface area contributed by atoms with Gasteiger partial charge in [-0.25, -0.2) is 4.39 Å². The summed E-state index contributed by atoms with van der Waals surface area (Å²) in [6.07, 6.45) is 0.870. The lowest BCUT2D eigenvalue weighted by molar-refractivity contribution is 0.602. The van der Waals surface area contributed by atoms with E-state index >= 15 is 0 Å². The molecule has 0 aliphatic carbocycles. The number of nitrogen functional groups attached to an aromatic ring is 1. The zero-order valence-corrected chi connectivity index (χ0v) is 13.2. The summed E-state index contributed by atoms with van der Waals surface area (Å²) in [5.41, 5.74) is 8.05. The van der Waals surface area contributed by atoms with Crippen molar-refractivity contribution in [1.82, 2.24) is 9.78 Å². The van der Waals surface area contributed by atoms with Crippen LogP contribution in [0.4, 0.5) is 10.1 Å². The zero-order chi connectivity index (χ0) is 14.0. The molecule has 1 heterocycles. The molecule has 6 heteroatoms. The molecule has 2 N–H and O–H groups in total. The van der Waals surface area contributed by atoms with Gasteiger partial charge in [0.05, 0.1) is 15.9 Å². The molecule has 0 amide bonds. The third kappa shape index (κ3) is 3.12. The summed E-state index contributed by atoms with van der Waals surface area (Å²) in [6, 6.07) is 4.76. The van der Waals surface area contributed by atoms with Gasteiger partial charge in [-0.2, -0.15) is 5.10 Å². The maximum absolute atomic E-state index is 13.7. The van der Waals surface area contributed by atoms with Crippen molar-refractivity contribution in [1.29, 1.82) is 0 Å². The Bertz CT molecular complexity index is 598. The number of hydrogen-bond donors (Lipinski definition) is 1. The fourth-order valence-corrected chi connectivity index (χ4v) is 3.68. The van der Waals surface area contributed by atoms with Crippen LogP contribution >= 0.6 is 27.7 Å². The van der Waals surface area contributed by atoms with Crippen molar-refractivity contribution in [2.75, 3.05) is 5.73 Å². The Kier molecular flexibility index (Phi) is 4.52. The first-order valence-corrected chi connectivity index (χ1v) is 7.68. The second-order valence-corrected chi connectivity index (χ2v) is 5.97. The molecule has 2 rings (SSSR count). The lowest BCUT2D eigenvalue weighted by Gasteiger charge is -2.05. The molecular weight excluding hydrogens is 329 g/mol. The molecule has 0 unspecified atom stereocenters. The minimum atomic E-state index is -0.279. The number of benzene rings is 1. The van der Waals surface area contributed by atoms with E-state index < -0.39 is 0 Å². The monoisotopic (exact) mass is 343 g/mol. The fraction of sp³-hybridized carbons (Fsp3) is 0.308. The molecule has 0 aliphatic heterocycles. The summed E-state index contributed by atoms with van der Waals surface area (Å²) >= 11 is 5.00. The molecular formula is C13H15BrFN3S. The van der Waals surface area contributed by atoms with Crippen molar-refractivity contribution >= 4 is 33.4 Å². The van der Waals surface area contributed by atoms with E-state index in [0.29, 0.717) is 16.3 Å². The van der Waals surface area contributed by atoms with Crippen LogP contribution in [0.25, 0.3) is 0 Å². The van der Waals surface area contributed by atoms with Crippen LogP contribution in [0.1, 0.15) is 18.3 Å². The van der Waals surface area contributed by atoms with Crippen LogP contribution in [-0.4, -0.2) is 9.78 Å². The highest BCUT2D eigenvalue weighted by atomic mass is 79.9. The number of hydrogen-bond acceptors (Lipinski definition) is 3. The molecule has 0 spiro atoms. The van der Waals surface area contributed by atoms with Crippen LogP contribution in [0.15, 0.2) is 27.6 Å². The van der Waals surface area contributed by atoms with Crippen molar-refractivity contribution in [2.24, 2.45) is 7.05 Å². The van der Waals surface area contributed by atoms with Gasteiger partial charge in [-0.1, -0.05) is 6.92 Å². The first kappa shape index (κ1) is 14.4. The molecule has 0 fully saturated rings. The van der Waals surface area contributed by atoms with Gasteiger partial charge in [0, 0.05) is 23.4 Å². The van der Waals surface area contributed by atoms with Gasteiger partial charge in [0.25, 0.3) is 0 Å². The highest BCUT2D eigenvalue weighted by Crippen LogP contribution is 2.30. The van der Waals surface area contributed by atoms with Crippen LogP contribution in [0.3, 0.4) is 0 Å². The molecule has 19 heavy (non-hydrogen) atoms. The number of aromatic nitrogens is 2. The minimum absolute atomic E-state index is 0.279. The Balaban J connectivity index is 2.16. The van der Waals surface area contributed by atoms with E-state index in [0.717, 1.165) is 22.3 Å². The SMILES string of the molecule is CCc1nn(C)c(CSc2ccc(N)cc2F)c1Br. The summed E-state index contributed by atoms with van der Waals surface area (Å²) in [5, 5.41) is 4.42. The lowest BCUT2D eigenvalue weighted by atomic mass is 10.3. The number of thioether (sulfide) groups is 1. The molecule has 0 saturated carbocycles. The molecule has 102 valence electrons. The van der Waals surface area contributed by atoms with Crippen molar-refractivity contribution in [2.45, 2.75) is 24.0 Å². The van der Waals surface area contributed by atoms with Crippen LogP contribution in [0.2, 0.25) is 0 Å². The largest absolute Gasteiger partial charge is 0.399 e. The van der Waals surface area contributed by atoms with E-state index in [9.17, 15) is 4.39 Å². The summed E-state index contributed by atoms with van der Waals surface area (Å²) < 4.78 is 16.5. The van der Waals surface area contributed by atoms with E-state index in [1.807, 2.05) is 11.7 Å². The predicted molar refractivity (Wildman–Crippen MR) is 80.7 cm³/mol. The van der Waals surface area contributed by atoms with Crippen LogP contribution in [0.5, 0.6) is 0 Å². The molecule has 2 aromatic rings. The zero-order valence-electron chi connectivity index (χ0n) is 10.8. The van der Waals surface area contributed by atoms with E-state index in [1.54, 1.807) is 12.1 Å². The van der Waals surface area contributed by atoms with E-state index in [1.165, 1.54) is 17.8 Å². The number of anilines is 1. The van der Waals surface area contributed by atoms with Gasteiger partial charge < -0.3 is 5.73 Å². The third-order valence-electron chi connectivity index (χ3n) is 2.82. The average Bonchev–Trinajstić information content (AvgIpc) is 2.64. The molecule has 0 radical (unpaired) electrons. The number of aryl methyl sites for hydroxylation is 2. The van der Waals surface area contributed by atoms with Crippen LogP contribution in [-0.2, 0) is 19.2 Å². The van der Waals surface area contributed by atoms with Crippen molar-refractivity contribution in [3.05, 3.63) is 39.9 Å². The van der Waals surface area contributed by atoms with Gasteiger partial charge in [0.2, 0.25) is 0 Å². The van der Waals surface area contributed by atoms with E-state index in [-0.39, 0.29) is 5.82 Å². The fourth-order valence-electron chi connectivity index (χ4n) is 1.76. The minimum Gasteiger partial charge on any atom is -0.399 e. The van der Waals surface area contributed by atoms with Crippen LogP contribution < -0.4 is 5.73 Å². The molecule has 0 saturated heterocycles. The maximum atomic E-state index is 13.7. The Hall–Kier alpha value is -1.01. The molecule has 0 bridgehead atoms. The topological polar surface area (TPSA) is 43.8 Å². The predicted octanol–water partition coefficient (Wildman–Crippen LogP) is 3.76. The van der Waals surface area contributed by atoms with E-state index in [4.69, 9.17) is 5.73 Å². The summed E-state index contributed by atoms with van der Waals surface area (Å²) in [7, 11) is 1.90. The quantitative estimate of drug-likeness (QED) is 0.678. The smallest absolute Gasteiger partial charge is 0.138 e. The number of halogens is 2. The standard InChI is InChI=1S/C13H15BrFN3S/c1-3-10-13(14)11(18(2)17-10)7-19-12-5-4-8(16)6-9(12)15/h4-6H,3,7,16H2,1-2H3. The Labute approximate surface area is 124 Å². The highest BCUT2D eigenvalue weighted by Gasteiger charge is 2.13. The number of nitrogens with zero attached hydrogens (tertiary/aromatic N) is 2. The Morgan fingerprint density at radius 1 is 1.47 bits per heavy atom. The van der Waals surface area contributed by atoms with Gasteiger partial charge in [-0.05, 0) is 40.5 Å². The number of rotatable bonds is 4. The molecule has 3 nitrogen and oxygen atoms in total. The summed E-state index contributed by atoms with van der Waals surface area (Å²) in [4.78, 5) is 0.598. The average molecular weight is 344 g/mol. The maximum Gasteiger partial charge on any atom is 0.138 e. The van der Waals surface area contributed by atoms with Gasteiger partial charge in [-0.15, -0.1) is 11.8 Å². The summed E-state index contributed by atoms with van der Waals surface area (Å²) in [5.74, 6) is 0.379. The first-order valence-electron chi connectivity index (χ1n) is 5.91. The normalized spacial score (nSPS) is 10.9. The highest BCUT2D eigenvalue weighted by molar-refractivity contribution is 9.10. The molecule has 0 aliphatic rings. The van der Waals surface area contributed by atoms with Crippen LogP contribution in [0, 0.1) is 5.82 Å². The van der Waals surface area contributed by atoms with Gasteiger partial charge in [-0.3, -0.25) is 4.68 Å². The molecule has 0 atom stereocenters. The van der Waals surface area contributed by atoms with Gasteiger partial charge in [0.1, 0.15) is 5.82 Å². The summed E-state index contributed by atoms with van der Waals surface area (Å²) in [6.45, 7) is 2.06.